The molecule has 0 fully saturated rings. The van der Waals surface area contributed by atoms with Gasteiger partial charge >= 0.3 is 0 Å². The van der Waals surface area contributed by atoms with Crippen LogP contribution in [0.1, 0.15) is 11.1 Å². The van der Waals surface area contributed by atoms with E-state index in [2.05, 4.69) is 47.4 Å². The summed E-state index contributed by atoms with van der Waals surface area (Å²) in [6.45, 7) is -0.403. The first-order valence-electron chi connectivity index (χ1n) is 5.17. The molecule has 0 aliphatic carbocycles. The van der Waals surface area contributed by atoms with Crippen molar-refractivity contribution in [3.8, 4) is 47.4 Å². The summed E-state index contributed by atoms with van der Waals surface area (Å²) >= 11 is 0. The van der Waals surface area contributed by atoms with E-state index in [1.807, 2.05) is 24.3 Å². The second kappa shape index (κ2) is 8.52. The van der Waals surface area contributed by atoms with Crippen molar-refractivity contribution in [3.05, 3.63) is 35.4 Å². The summed E-state index contributed by atoms with van der Waals surface area (Å²) in [5.74, 6) is 20.9. The largest absolute Gasteiger partial charge is 0.384 e. The van der Waals surface area contributed by atoms with Crippen LogP contribution in [0.25, 0.3) is 0 Å². The molecule has 86 valence electrons. The predicted molar refractivity (Wildman–Crippen MR) is 69.9 cm³/mol. The average Bonchev–Trinajstić information content (AvgIpc) is 2.41. The number of aliphatic hydroxyl groups is 2. The van der Waals surface area contributed by atoms with E-state index in [0.717, 1.165) is 11.1 Å². The van der Waals surface area contributed by atoms with Gasteiger partial charge in [0.25, 0.3) is 0 Å². The molecule has 0 aliphatic rings. The van der Waals surface area contributed by atoms with Crippen molar-refractivity contribution < 1.29 is 10.2 Å². The summed E-state index contributed by atoms with van der Waals surface area (Å²) in [5.41, 5.74) is 1.51. The van der Waals surface area contributed by atoms with Crippen molar-refractivity contribution in [2.45, 2.75) is 0 Å². The number of benzene rings is 1. The van der Waals surface area contributed by atoms with Gasteiger partial charge in [0.15, 0.2) is 0 Å². The fourth-order valence-corrected chi connectivity index (χ4v) is 1.07. The summed E-state index contributed by atoms with van der Waals surface area (Å²) in [4.78, 5) is 0. The zero-order chi connectivity index (χ0) is 13.1. The molecule has 2 N–H and O–H groups in total. The van der Waals surface area contributed by atoms with Crippen LogP contribution in [0.4, 0.5) is 0 Å². The summed E-state index contributed by atoms with van der Waals surface area (Å²) in [5, 5.41) is 17.0. The van der Waals surface area contributed by atoms with Crippen LogP contribution < -0.4 is 0 Å². The molecule has 0 amide bonds. The molecule has 2 nitrogen and oxygen atoms in total. The van der Waals surface area contributed by atoms with E-state index in [4.69, 9.17) is 10.2 Å². The molecule has 0 unspecified atom stereocenters. The van der Waals surface area contributed by atoms with Gasteiger partial charge in [-0.1, -0.05) is 35.8 Å². The van der Waals surface area contributed by atoms with Crippen molar-refractivity contribution >= 4 is 0 Å². The molecular formula is C16H10O2. The summed E-state index contributed by atoms with van der Waals surface area (Å²) in [6, 6.07) is 7.37. The topological polar surface area (TPSA) is 40.5 Å². The van der Waals surface area contributed by atoms with E-state index in [1.165, 1.54) is 0 Å². The van der Waals surface area contributed by atoms with Crippen molar-refractivity contribution in [2.24, 2.45) is 0 Å². The Morgan fingerprint density at radius 3 is 1.56 bits per heavy atom. The second-order valence-corrected chi connectivity index (χ2v) is 2.97. The summed E-state index contributed by atoms with van der Waals surface area (Å²) in [7, 11) is 0. The van der Waals surface area contributed by atoms with Crippen molar-refractivity contribution in [1.82, 2.24) is 0 Å². The molecule has 0 atom stereocenters. The molecule has 0 heterocycles. The fraction of sp³-hybridized carbons (Fsp3) is 0.125. The third-order valence-corrected chi connectivity index (χ3v) is 1.78. The first-order valence-corrected chi connectivity index (χ1v) is 5.17. The highest BCUT2D eigenvalue weighted by atomic mass is 16.3. The van der Waals surface area contributed by atoms with E-state index in [0.29, 0.717) is 0 Å². The normalized spacial score (nSPS) is 7.22. The molecular weight excluding hydrogens is 224 g/mol. The lowest BCUT2D eigenvalue weighted by Gasteiger charge is -1.93. The lowest BCUT2D eigenvalue weighted by atomic mass is 10.1. The maximum absolute atomic E-state index is 8.49. The molecule has 0 bridgehead atoms. The van der Waals surface area contributed by atoms with Crippen molar-refractivity contribution in [2.75, 3.05) is 13.2 Å². The van der Waals surface area contributed by atoms with Crippen molar-refractivity contribution in [3.63, 3.8) is 0 Å². The Bertz CT molecular complexity index is 582. The number of hydrogen-bond donors (Lipinski definition) is 2. The fourth-order valence-electron chi connectivity index (χ4n) is 1.07. The Morgan fingerprint density at radius 1 is 0.722 bits per heavy atom. The molecule has 1 aromatic carbocycles. The molecule has 1 rings (SSSR count). The zero-order valence-corrected chi connectivity index (χ0v) is 9.62. The van der Waals surface area contributed by atoms with E-state index >= 15 is 0 Å². The van der Waals surface area contributed by atoms with Crippen LogP contribution in [0.5, 0.6) is 0 Å². The molecule has 0 aliphatic heterocycles. The van der Waals surface area contributed by atoms with Gasteiger partial charge in [0, 0.05) is 11.1 Å². The molecule has 0 aromatic heterocycles. The Morgan fingerprint density at radius 2 is 1.17 bits per heavy atom. The molecule has 0 saturated heterocycles. The number of aliphatic hydroxyl groups excluding tert-OH is 2. The van der Waals surface area contributed by atoms with Crippen LogP contribution in [0, 0.1) is 47.4 Å². The third kappa shape index (κ3) is 4.94. The van der Waals surface area contributed by atoms with Gasteiger partial charge in [0.05, 0.1) is 0 Å². The third-order valence-electron chi connectivity index (χ3n) is 1.78. The van der Waals surface area contributed by atoms with E-state index in [-0.39, 0.29) is 13.2 Å². The van der Waals surface area contributed by atoms with Crippen LogP contribution in [0.3, 0.4) is 0 Å². The molecule has 18 heavy (non-hydrogen) atoms. The lowest BCUT2D eigenvalue weighted by Crippen LogP contribution is -1.82. The second-order valence-electron chi connectivity index (χ2n) is 2.97. The Hall–Kier alpha value is -2.62. The highest BCUT2D eigenvalue weighted by molar-refractivity contribution is 5.53. The maximum atomic E-state index is 8.49. The molecule has 2 heteroatoms. The Labute approximate surface area is 107 Å². The van der Waals surface area contributed by atoms with Crippen LogP contribution in [-0.2, 0) is 0 Å². The SMILES string of the molecule is OCC#CC#Cc1ccccc1C#CC#CCO. The van der Waals surface area contributed by atoms with E-state index < -0.39 is 0 Å². The van der Waals surface area contributed by atoms with Gasteiger partial charge in [-0.15, -0.1) is 0 Å². The number of rotatable bonds is 0. The summed E-state index contributed by atoms with van der Waals surface area (Å²) < 4.78 is 0. The first-order chi connectivity index (χ1) is 8.88. The van der Waals surface area contributed by atoms with Gasteiger partial charge in [0.1, 0.15) is 13.2 Å². The van der Waals surface area contributed by atoms with Gasteiger partial charge in [-0.25, -0.2) is 0 Å². The minimum Gasteiger partial charge on any atom is -0.384 e. The number of hydrogen-bond acceptors (Lipinski definition) is 2. The lowest BCUT2D eigenvalue weighted by molar-refractivity contribution is 0.350. The zero-order valence-electron chi connectivity index (χ0n) is 9.62. The van der Waals surface area contributed by atoms with E-state index in [1.54, 1.807) is 0 Å². The minimum atomic E-state index is -0.202. The van der Waals surface area contributed by atoms with Gasteiger partial charge in [-0.2, -0.15) is 0 Å². The van der Waals surface area contributed by atoms with Gasteiger partial charge < -0.3 is 10.2 Å². The van der Waals surface area contributed by atoms with Crippen LogP contribution in [0.2, 0.25) is 0 Å². The molecule has 0 saturated carbocycles. The maximum Gasteiger partial charge on any atom is 0.105 e. The van der Waals surface area contributed by atoms with Gasteiger partial charge in [-0.05, 0) is 35.8 Å². The van der Waals surface area contributed by atoms with Gasteiger partial charge in [0.2, 0.25) is 0 Å². The van der Waals surface area contributed by atoms with Crippen LogP contribution in [-0.4, -0.2) is 23.4 Å². The van der Waals surface area contributed by atoms with Gasteiger partial charge in [-0.3, -0.25) is 0 Å². The Kier molecular flexibility index (Phi) is 6.37. The average molecular weight is 234 g/mol. The van der Waals surface area contributed by atoms with Crippen LogP contribution >= 0.6 is 0 Å². The van der Waals surface area contributed by atoms with Crippen molar-refractivity contribution in [1.29, 1.82) is 0 Å². The highest BCUT2D eigenvalue weighted by Crippen LogP contribution is 2.04. The Balaban J connectivity index is 2.97. The molecule has 1 aromatic rings. The molecule has 0 spiro atoms. The monoisotopic (exact) mass is 234 g/mol. The predicted octanol–water partition coefficient (Wildman–Crippen LogP) is 0.381. The van der Waals surface area contributed by atoms with Crippen LogP contribution in [0.15, 0.2) is 24.3 Å². The molecule has 0 radical (unpaired) electrons. The highest BCUT2D eigenvalue weighted by Gasteiger charge is 1.93. The quantitative estimate of drug-likeness (QED) is 0.637. The van der Waals surface area contributed by atoms with E-state index in [9.17, 15) is 0 Å². The minimum absolute atomic E-state index is 0.202. The summed E-state index contributed by atoms with van der Waals surface area (Å²) in [6.07, 6.45) is 0. The standard InChI is InChI=1S/C16H10O2/c17-13-7-1-3-9-15-11-5-6-12-16(15)10-4-2-8-14-18/h5-6,11-12,17-18H,13-14H2. The first kappa shape index (κ1) is 13.4. The smallest absolute Gasteiger partial charge is 0.105 e.